The zero-order valence-corrected chi connectivity index (χ0v) is 9.65. The van der Waals surface area contributed by atoms with Crippen LogP contribution < -0.4 is 0 Å². The first-order valence-corrected chi connectivity index (χ1v) is 5.29. The monoisotopic (exact) mass is 251 g/mol. The maximum atomic E-state index is 11.5. The molecular formula is C11H13N3O4. The Morgan fingerprint density at radius 3 is 2.61 bits per heavy atom. The number of ether oxygens (including phenoxy) is 2. The number of esters is 1. The molecule has 0 saturated heterocycles. The third-order valence-corrected chi connectivity index (χ3v) is 1.96. The molecule has 96 valence electrons. The second-order valence-corrected chi connectivity index (χ2v) is 3.21. The van der Waals surface area contributed by atoms with Crippen LogP contribution >= 0.6 is 0 Å². The molecule has 1 aromatic rings. The van der Waals surface area contributed by atoms with Gasteiger partial charge < -0.3 is 14.6 Å². The van der Waals surface area contributed by atoms with Crippen LogP contribution in [-0.4, -0.2) is 37.5 Å². The van der Waals surface area contributed by atoms with Crippen LogP contribution in [0.25, 0.3) is 10.4 Å². The predicted octanol–water partition coefficient (Wildman–Crippen LogP) is 1.79. The van der Waals surface area contributed by atoms with Crippen LogP contribution in [0.15, 0.2) is 29.4 Å². The molecule has 7 heteroatoms. The standard InChI is InChI=1S/C11H13N3O4/c12-14-13-10-3-1-9(2-4-10)11(16)18-8-7-17-6-5-15/h1-4,15H,5-8H2. The minimum Gasteiger partial charge on any atom is -0.460 e. The molecule has 0 atom stereocenters. The van der Waals surface area contributed by atoms with Gasteiger partial charge in [0.2, 0.25) is 0 Å². The van der Waals surface area contributed by atoms with Crippen LogP contribution in [0.4, 0.5) is 5.69 Å². The molecule has 7 nitrogen and oxygen atoms in total. The van der Waals surface area contributed by atoms with E-state index in [2.05, 4.69) is 10.0 Å². The molecule has 0 saturated carbocycles. The average molecular weight is 251 g/mol. The van der Waals surface area contributed by atoms with Gasteiger partial charge in [-0.15, -0.1) is 0 Å². The molecule has 0 unspecified atom stereocenters. The molecule has 0 aromatic heterocycles. The topological polar surface area (TPSA) is 105 Å². The Morgan fingerprint density at radius 2 is 2.00 bits per heavy atom. The van der Waals surface area contributed by atoms with Gasteiger partial charge in [-0.2, -0.15) is 0 Å². The summed E-state index contributed by atoms with van der Waals surface area (Å²) in [6, 6.07) is 6.08. The average Bonchev–Trinajstić information content (AvgIpc) is 2.39. The van der Waals surface area contributed by atoms with Crippen molar-refractivity contribution in [2.45, 2.75) is 0 Å². The Kier molecular flexibility index (Phi) is 6.27. The molecule has 18 heavy (non-hydrogen) atoms. The molecule has 0 bridgehead atoms. The summed E-state index contributed by atoms with van der Waals surface area (Å²) in [6.45, 7) is 0.521. The van der Waals surface area contributed by atoms with Crippen molar-refractivity contribution < 1.29 is 19.4 Å². The van der Waals surface area contributed by atoms with E-state index < -0.39 is 5.97 Å². The van der Waals surface area contributed by atoms with Crippen molar-refractivity contribution in [3.05, 3.63) is 40.3 Å². The van der Waals surface area contributed by atoms with E-state index in [9.17, 15) is 4.79 Å². The highest BCUT2D eigenvalue weighted by Crippen LogP contribution is 2.13. The van der Waals surface area contributed by atoms with E-state index >= 15 is 0 Å². The molecule has 0 aliphatic heterocycles. The number of carbonyl (C=O) groups excluding carboxylic acids is 1. The highest BCUT2D eigenvalue weighted by Gasteiger charge is 2.06. The maximum Gasteiger partial charge on any atom is 0.338 e. The molecule has 1 rings (SSSR count). The number of hydrogen-bond acceptors (Lipinski definition) is 5. The molecule has 1 N–H and O–H groups in total. The van der Waals surface area contributed by atoms with Crippen LogP contribution in [0.3, 0.4) is 0 Å². The second-order valence-electron chi connectivity index (χ2n) is 3.21. The van der Waals surface area contributed by atoms with Gasteiger partial charge in [0.25, 0.3) is 0 Å². The van der Waals surface area contributed by atoms with E-state index in [-0.39, 0.29) is 26.4 Å². The van der Waals surface area contributed by atoms with E-state index in [1.165, 1.54) is 24.3 Å². The zero-order valence-electron chi connectivity index (χ0n) is 9.65. The molecule has 0 amide bonds. The Balaban J connectivity index is 2.39. The van der Waals surface area contributed by atoms with E-state index in [1.807, 2.05) is 0 Å². The van der Waals surface area contributed by atoms with Crippen LogP contribution in [-0.2, 0) is 9.47 Å². The Bertz CT molecular complexity index is 426. The van der Waals surface area contributed by atoms with Gasteiger partial charge in [0.05, 0.1) is 25.4 Å². The van der Waals surface area contributed by atoms with Crippen LogP contribution in [0, 0.1) is 0 Å². The Hall–Kier alpha value is -2.08. The second kappa shape index (κ2) is 8.08. The quantitative estimate of drug-likeness (QED) is 0.262. The van der Waals surface area contributed by atoms with Crippen molar-refractivity contribution >= 4 is 11.7 Å². The van der Waals surface area contributed by atoms with Gasteiger partial charge in [-0.25, -0.2) is 4.79 Å². The van der Waals surface area contributed by atoms with Gasteiger partial charge in [0.1, 0.15) is 6.61 Å². The van der Waals surface area contributed by atoms with E-state index in [0.717, 1.165) is 0 Å². The van der Waals surface area contributed by atoms with Crippen molar-refractivity contribution in [2.24, 2.45) is 5.11 Å². The number of hydrogen-bond donors (Lipinski definition) is 1. The Labute approximate surface area is 104 Å². The fraction of sp³-hybridized carbons (Fsp3) is 0.364. The third-order valence-electron chi connectivity index (χ3n) is 1.96. The Morgan fingerprint density at radius 1 is 1.28 bits per heavy atom. The van der Waals surface area contributed by atoms with Crippen molar-refractivity contribution in [2.75, 3.05) is 26.4 Å². The fourth-order valence-electron chi connectivity index (χ4n) is 1.16. The first kappa shape index (κ1) is 14.0. The third kappa shape index (κ3) is 4.84. The lowest BCUT2D eigenvalue weighted by Gasteiger charge is -2.05. The lowest BCUT2D eigenvalue weighted by molar-refractivity contribution is 0.0258. The van der Waals surface area contributed by atoms with Crippen molar-refractivity contribution in [3.63, 3.8) is 0 Å². The summed E-state index contributed by atoms with van der Waals surface area (Å²) < 4.78 is 9.86. The summed E-state index contributed by atoms with van der Waals surface area (Å²) in [5.41, 5.74) is 9.02. The first-order chi connectivity index (χ1) is 8.77. The lowest BCUT2D eigenvalue weighted by atomic mass is 10.2. The molecule has 0 aliphatic rings. The molecule has 0 spiro atoms. The first-order valence-electron chi connectivity index (χ1n) is 5.29. The molecule has 1 aromatic carbocycles. The minimum atomic E-state index is -0.477. The SMILES string of the molecule is [N-]=[N+]=Nc1ccc(C(=O)OCCOCCO)cc1. The summed E-state index contributed by atoms with van der Waals surface area (Å²) in [6.07, 6.45) is 0. The number of aliphatic hydroxyl groups excluding tert-OH is 1. The zero-order chi connectivity index (χ0) is 13.2. The van der Waals surface area contributed by atoms with Gasteiger partial charge in [0, 0.05) is 10.6 Å². The number of azide groups is 1. The van der Waals surface area contributed by atoms with Gasteiger partial charge in [-0.3, -0.25) is 0 Å². The van der Waals surface area contributed by atoms with Crippen LogP contribution in [0.5, 0.6) is 0 Å². The van der Waals surface area contributed by atoms with Crippen LogP contribution in [0.1, 0.15) is 10.4 Å². The van der Waals surface area contributed by atoms with Gasteiger partial charge in [0.15, 0.2) is 0 Å². The summed E-state index contributed by atoms with van der Waals surface area (Å²) in [7, 11) is 0. The molecule has 0 fully saturated rings. The lowest BCUT2D eigenvalue weighted by Crippen LogP contribution is -2.12. The van der Waals surface area contributed by atoms with Gasteiger partial charge in [-0.05, 0) is 17.7 Å². The fourth-order valence-corrected chi connectivity index (χ4v) is 1.16. The number of nitrogens with zero attached hydrogens (tertiary/aromatic N) is 3. The number of rotatable bonds is 7. The van der Waals surface area contributed by atoms with E-state index in [4.69, 9.17) is 20.1 Å². The van der Waals surface area contributed by atoms with Crippen LogP contribution in [0.2, 0.25) is 0 Å². The molecular weight excluding hydrogens is 238 g/mol. The number of carbonyl (C=O) groups is 1. The summed E-state index contributed by atoms with van der Waals surface area (Å²) in [5.74, 6) is -0.477. The largest absolute Gasteiger partial charge is 0.460 e. The van der Waals surface area contributed by atoms with E-state index in [0.29, 0.717) is 11.3 Å². The molecule has 0 radical (unpaired) electrons. The smallest absolute Gasteiger partial charge is 0.338 e. The van der Waals surface area contributed by atoms with Gasteiger partial charge in [-0.1, -0.05) is 17.2 Å². The normalized spacial score (nSPS) is 9.61. The molecule has 0 heterocycles. The number of aliphatic hydroxyl groups is 1. The van der Waals surface area contributed by atoms with E-state index in [1.54, 1.807) is 0 Å². The van der Waals surface area contributed by atoms with Crippen molar-refractivity contribution in [3.8, 4) is 0 Å². The predicted molar refractivity (Wildman–Crippen MR) is 63.4 cm³/mol. The summed E-state index contributed by atoms with van der Waals surface area (Å²) in [5, 5.41) is 11.8. The summed E-state index contributed by atoms with van der Waals surface area (Å²) >= 11 is 0. The van der Waals surface area contributed by atoms with Crippen molar-refractivity contribution in [1.82, 2.24) is 0 Å². The highest BCUT2D eigenvalue weighted by atomic mass is 16.6. The number of benzene rings is 1. The summed E-state index contributed by atoms with van der Waals surface area (Å²) in [4.78, 5) is 14.1. The van der Waals surface area contributed by atoms with Gasteiger partial charge >= 0.3 is 5.97 Å². The van der Waals surface area contributed by atoms with Crippen molar-refractivity contribution in [1.29, 1.82) is 0 Å². The molecule has 0 aliphatic carbocycles. The maximum absolute atomic E-state index is 11.5. The highest BCUT2D eigenvalue weighted by molar-refractivity contribution is 5.89. The minimum absolute atomic E-state index is 0.0607.